The van der Waals surface area contributed by atoms with Crippen molar-refractivity contribution in [3.8, 4) is 6.07 Å². The molecule has 0 aliphatic rings. The summed E-state index contributed by atoms with van der Waals surface area (Å²) in [5.74, 6) is 0. The molecule has 0 amide bonds. The molecule has 0 aliphatic heterocycles. The molecule has 2 atom stereocenters. The first-order valence-electron chi connectivity index (χ1n) is 10.4. The van der Waals surface area contributed by atoms with Crippen molar-refractivity contribution in [2.45, 2.75) is 44.9 Å². The number of nitriles is 1. The van der Waals surface area contributed by atoms with Crippen molar-refractivity contribution < 1.29 is 4.43 Å². The van der Waals surface area contributed by atoms with Crippen LogP contribution in [-0.4, -0.2) is 19.3 Å². The minimum absolute atomic E-state index is 0.164. The summed E-state index contributed by atoms with van der Waals surface area (Å²) in [6.07, 6.45) is -0.536. The third-order valence-electron chi connectivity index (χ3n) is 4.89. The van der Waals surface area contributed by atoms with Gasteiger partial charge in [0.05, 0.1) is 12.1 Å². The van der Waals surface area contributed by atoms with Crippen LogP contribution in [-0.2, 0) is 17.5 Å². The predicted octanol–water partition coefficient (Wildman–Crippen LogP) is 6.17. The first-order valence-corrected chi connectivity index (χ1v) is 13.8. The molecule has 0 fully saturated rings. The fourth-order valence-electron chi connectivity index (χ4n) is 3.66. The first-order chi connectivity index (χ1) is 14.5. The van der Waals surface area contributed by atoms with Gasteiger partial charge in [-0.3, -0.25) is 4.90 Å². The van der Waals surface area contributed by atoms with Crippen molar-refractivity contribution in [1.82, 2.24) is 4.90 Å². The van der Waals surface area contributed by atoms with Crippen LogP contribution in [0.25, 0.3) is 0 Å². The topological polar surface area (TPSA) is 36.3 Å². The van der Waals surface area contributed by atoms with E-state index in [0.29, 0.717) is 0 Å². The molecule has 0 spiro atoms. The maximum atomic E-state index is 10.1. The van der Waals surface area contributed by atoms with Gasteiger partial charge in [0.2, 0.25) is 0 Å². The zero-order valence-electron chi connectivity index (χ0n) is 18.0. The highest BCUT2D eigenvalue weighted by Crippen LogP contribution is 2.31. The average molecular weight is 415 g/mol. The molecule has 154 valence electrons. The lowest BCUT2D eigenvalue weighted by Gasteiger charge is -2.37. The lowest BCUT2D eigenvalue weighted by molar-refractivity contribution is 0.0809. The molecule has 3 nitrogen and oxygen atoms in total. The third-order valence-corrected chi connectivity index (χ3v) is 5.85. The van der Waals surface area contributed by atoms with Crippen LogP contribution in [0.15, 0.2) is 91.0 Å². The molecule has 0 radical (unpaired) electrons. The number of hydrogen-bond acceptors (Lipinski definition) is 3. The molecular formula is C26H30N2OSi. The fraction of sp³-hybridized carbons (Fsp3) is 0.269. The lowest BCUT2D eigenvalue weighted by Crippen LogP contribution is -2.41. The summed E-state index contributed by atoms with van der Waals surface area (Å²) in [6.45, 7) is 7.89. The second-order valence-corrected chi connectivity index (χ2v) is 13.0. The van der Waals surface area contributed by atoms with E-state index in [4.69, 9.17) is 4.43 Å². The van der Waals surface area contributed by atoms with Gasteiger partial charge in [-0.05, 0) is 36.3 Å². The number of nitrogens with zero attached hydrogens (tertiary/aromatic N) is 2. The van der Waals surface area contributed by atoms with Crippen molar-refractivity contribution in [3.05, 3.63) is 108 Å². The Morgan fingerprint density at radius 1 is 0.767 bits per heavy atom. The van der Waals surface area contributed by atoms with Crippen LogP contribution in [0.1, 0.15) is 22.7 Å². The van der Waals surface area contributed by atoms with Crippen molar-refractivity contribution >= 4 is 8.32 Å². The van der Waals surface area contributed by atoms with E-state index in [1.807, 2.05) is 30.3 Å². The van der Waals surface area contributed by atoms with Gasteiger partial charge in [-0.2, -0.15) is 5.26 Å². The Morgan fingerprint density at radius 2 is 1.20 bits per heavy atom. The molecule has 0 N–H and O–H groups in total. The molecule has 0 bridgehead atoms. The van der Waals surface area contributed by atoms with E-state index >= 15 is 0 Å². The third kappa shape index (κ3) is 6.40. The highest BCUT2D eigenvalue weighted by atomic mass is 28.4. The van der Waals surface area contributed by atoms with E-state index in [1.54, 1.807) is 0 Å². The van der Waals surface area contributed by atoms with Gasteiger partial charge in [-0.15, -0.1) is 0 Å². The number of hydrogen-bond donors (Lipinski definition) is 0. The van der Waals surface area contributed by atoms with E-state index in [9.17, 15) is 5.26 Å². The molecule has 3 aromatic carbocycles. The van der Waals surface area contributed by atoms with Gasteiger partial charge in [0.1, 0.15) is 0 Å². The summed E-state index contributed by atoms with van der Waals surface area (Å²) in [7, 11) is -1.92. The summed E-state index contributed by atoms with van der Waals surface area (Å²) in [4.78, 5) is 2.37. The van der Waals surface area contributed by atoms with Crippen LogP contribution >= 0.6 is 0 Å². The Labute approximate surface area is 181 Å². The van der Waals surface area contributed by atoms with Crippen molar-refractivity contribution in [1.29, 1.82) is 5.26 Å². The van der Waals surface area contributed by atoms with E-state index in [0.717, 1.165) is 18.7 Å². The van der Waals surface area contributed by atoms with Crippen LogP contribution in [0.4, 0.5) is 0 Å². The molecule has 0 aromatic heterocycles. The zero-order chi connectivity index (χ0) is 21.4. The van der Waals surface area contributed by atoms with Crippen molar-refractivity contribution in [3.63, 3.8) is 0 Å². The molecule has 0 aliphatic carbocycles. The van der Waals surface area contributed by atoms with Gasteiger partial charge in [-0.25, -0.2) is 0 Å². The lowest BCUT2D eigenvalue weighted by atomic mass is 9.98. The highest BCUT2D eigenvalue weighted by molar-refractivity contribution is 6.69. The molecule has 0 saturated carbocycles. The highest BCUT2D eigenvalue weighted by Gasteiger charge is 2.33. The minimum Gasteiger partial charge on any atom is -0.401 e. The van der Waals surface area contributed by atoms with Gasteiger partial charge in [0.25, 0.3) is 0 Å². The summed E-state index contributed by atoms with van der Waals surface area (Å²) >= 11 is 0. The maximum absolute atomic E-state index is 10.1. The van der Waals surface area contributed by atoms with Crippen LogP contribution in [0.5, 0.6) is 0 Å². The van der Waals surface area contributed by atoms with Crippen LogP contribution < -0.4 is 0 Å². The Bertz CT molecular complexity index is 892. The van der Waals surface area contributed by atoms with E-state index in [-0.39, 0.29) is 6.04 Å². The normalized spacial score (nSPS) is 13.6. The monoisotopic (exact) mass is 414 g/mol. The summed E-state index contributed by atoms with van der Waals surface area (Å²) < 4.78 is 6.40. The van der Waals surface area contributed by atoms with E-state index < -0.39 is 14.4 Å². The van der Waals surface area contributed by atoms with Crippen molar-refractivity contribution in [2.24, 2.45) is 0 Å². The summed E-state index contributed by atoms with van der Waals surface area (Å²) in [5, 5.41) is 10.1. The molecule has 0 heterocycles. The summed E-state index contributed by atoms with van der Waals surface area (Å²) in [5.41, 5.74) is 3.55. The quantitative estimate of drug-likeness (QED) is 0.393. The number of benzene rings is 3. The van der Waals surface area contributed by atoms with Crippen molar-refractivity contribution in [2.75, 3.05) is 0 Å². The summed E-state index contributed by atoms with van der Waals surface area (Å²) in [6, 6.07) is 33.5. The van der Waals surface area contributed by atoms with E-state index in [2.05, 4.69) is 91.3 Å². The van der Waals surface area contributed by atoms with E-state index in [1.165, 1.54) is 11.1 Å². The Kier molecular flexibility index (Phi) is 7.59. The van der Waals surface area contributed by atoms with Gasteiger partial charge in [0, 0.05) is 13.1 Å². The number of rotatable bonds is 9. The van der Waals surface area contributed by atoms with Gasteiger partial charge in [0.15, 0.2) is 14.4 Å². The second-order valence-electron chi connectivity index (χ2n) is 8.51. The maximum Gasteiger partial charge on any atom is 0.185 e. The molecule has 3 rings (SSSR count). The van der Waals surface area contributed by atoms with Crippen LogP contribution in [0, 0.1) is 11.3 Å². The zero-order valence-corrected chi connectivity index (χ0v) is 19.0. The molecule has 0 saturated heterocycles. The Balaban J connectivity index is 2.03. The average Bonchev–Trinajstić information content (AvgIpc) is 2.74. The Morgan fingerprint density at radius 3 is 1.60 bits per heavy atom. The van der Waals surface area contributed by atoms with Gasteiger partial charge in [-0.1, -0.05) is 91.0 Å². The molecular weight excluding hydrogens is 384 g/mol. The SMILES string of the molecule is C[Si](C)(C)O[C@@H](C#N)[C@H](c1ccccc1)N(Cc1ccccc1)Cc1ccccc1. The fourth-order valence-corrected chi connectivity index (χ4v) is 4.60. The minimum atomic E-state index is -1.92. The largest absolute Gasteiger partial charge is 0.401 e. The smallest absolute Gasteiger partial charge is 0.185 e. The second kappa shape index (κ2) is 10.4. The predicted molar refractivity (Wildman–Crippen MR) is 125 cm³/mol. The Hall–Kier alpha value is -2.71. The van der Waals surface area contributed by atoms with Crippen LogP contribution in [0.3, 0.4) is 0 Å². The molecule has 0 unspecified atom stereocenters. The standard InChI is InChI=1S/C26H30N2OSi/c1-30(2,3)29-25(19-27)26(24-17-11-6-12-18-24)28(20-22-13-7-4-8-14-22)21-23-15-9-5-10-16-23/h4-18,25-26H,20-21H2,1-3H3/t25-,26-/m0/s1. The molecule has 3 aromatic rings. The van der Waals surface area contributed by atoms with Gasteiger partial charge >= 0.3 is 0 Å². The van der Waals surface area contributed by atoms with Gasteiger partial charge < -0.3 is 4.43 Å². The van der Waals surface area contributed by atoms with Crippen LogP contribution in [0.2, 0.25) is 19.6 Å². The first kappa shape index (κ1) is 22.0. The molecule has 4 heteroatoms. The molecule has 30 heavy (non-hydrogen) atoms.